The van der Waals surface area contributed by atoms with Gasteiger partial charge >= 0.3 is 6.18 Å². The predicted molar refractivity (Wildman–Crippen MR) is 151 cm³/mol. The van der Waals surface area contributed by atoms with Crippen molar-refractivity contribution in [2.24, 2.45) is 0 Å². The maximum Gasteiger partial charge on any atom is 0.453 e. The van der Waals surface area contributed by atoms with Crippen LogP contribution in [0.15, 0.2) is 72.8 Å². The van der Waals surface area contributed by atoms with E-state index >= 15 is 0 Å². The number of carbonyl (C=O) groups is 1. The zero-order chi connectivity index (χ0) is 30.1. The zero-order valence-corrected chi connectivity index (χ0v) is 23.7. The Hall–Kier alpha value is -4.29. The van der Waals surface area contributed by atoms with E-state index in [0.717, 1.165) is 11.1 Å². The van der Waals surface area contributed by atoms with Crippen molar-refractivity contribution in [3.05, 3.63) is 95.3 Å². The van der Waals surface area contributed by atoms with Crippen LogP contribution in [-0.2, 0) is 17.5 Å². The van der Waals surface area contributed by atoms with Crippen molar-refractivity contribution in [3.8, 4) is 17.2 Å². The fourth-order valence-corrected chi connectivity index (χ4v) is 6.54. The second kappa shape index (κ2) is 11.8. The number of ether oxygens (including phenoxy) is 2. The Bertz CT molecular complexity index is 1540. The van der Waals surface area contributed by atoms with Crippen LogP contribution in [0.25, 0.3) is 5.69 Å². The molecule has 4 aromatic rings. The number of fused-ring (bicyclic) bond motifs is 1. The molecule has 0 radical (unpaired) electrons. The third-order valence-electron chi connectivity index (χ3n) is 8.29. The van der Waals surface area contributed by atoms with Gasteiger partial charge in [-0.1, -0.05) is 60.7 Å². The van der Waals surface area contributed by atoms with Crippen LogP contribution in [0.5, 0.6) is 11.5 Å². The molecular weight excluding hydrogens is 561 g/mol. The van der Waals surface area contributed by atoms with Crippen molar-refractivity contribution in [1.29, 1.82) is 0 Å². The quantitative estimate of drug-likeness (QED) is 0.299. The van der Waals surface area contributed by atoms with Crippen LogP contribution in [0.1, 0.15) is 34.9 Å². The summed E-state index contributed by atoms with van der Waals surface area (Å²) in [6.07, 6.45) is -4.33. The average molecular weight is 593 g/mol. The molecule has 6 rings (SSSR count). The highest BCUT2D eigenvalue weighted by atomic mass is 19.4. The predicted octanol–water partition coefficient (Wildman–Crippen LogP) is 4.36. The molecule has 2 aliphatic heterocycles. The lowest BCUT2D eigenvalue weighted by atomic mass is 9.82. The lowest BCUT2D eigenvalue weighted by Crippen LogP contribution is -2.58. The van der Waals surface area contributed by atoms with E-state index in [-0.39, 0.29) is 35.2 Å². The molecule has 3 aromatic carbocycles. The standard InChI is InChI=1S/C31H31F3N6O3/c1-42-27-14-13-25(40-30(31(32,33)34)35-36-37-40)29(43-2)24(27)18-38-16-22-15-23(41)17-39(22)26(19-38)28(20-9-5-3-6-10-20)21-11-7-4-8-12-21/h3-14,22,26,28H,15-19H2,1-2H3/t22-,26-/m0/s1. The normalized spacial score (nSPS) is 19.5. The van der Waals surface area contributed by atoms with Gasteiger partial charge in [-0.2, -0.15) is 17.9 Å². The van der Waals surface area contributed by atoms with Gasteiger partial charge in [0.05, 0.1) is 26.3 Å². The van der Waals surface area contributed by atoms with Gasteiger partial charge in [0.25, 0.3) is 5.82 Å². The topological polar surface area (TPSA) is 85.6 Å². The van der Waals surface area contributed by atoms with Gasteiger partial charge in [0.15, 0.2) is 5.75 Å². The van der Waals surface area contributed by atoms with Crippen molar-refractivity contribution in [2.45, 2.75) is 37.1 Å². The van der Waals surface area contributed by atoms with Gasteiger partial charge in [-0.05, 0) is 33.7 Å². The van der Waals surface area contributed by atoms with E-state index in [9.17, 15) is 18.0 Å². The number of alkyl halides is 3. The first kappa shape index (κ1) is 28.8. The minimum absolute atomic E-state index is 0.00213. The number of hydrogen-bond donors (Lipinski definition) is 0. The number of Topliss-reactive ketones (excluding diaryl/α,β-unsaturated/α-hetero) is 1. The third-order valence-corrected chi connectivity index (χ3v) is 8.29. The average Bonchev–Trinajstić information content (AvgIpc) is 3.65. The number of piperazine rings is 1. The molecule has 1 aromatic heterocycles. The summed E-state index contributed by atoms with van der Waals surface area (Å²) in [6, 6.07) is 23.5. The zero-order valence-electron chi connectivity index (χ0n) is 23.7. The first-order chi connectivity index (χ1) is 20.8. The molecule has 2 fully saturated rings. The Morgan fingerprint density at radius 3 is 2.21 bits per heavy atom. The highest BCUT2D eigenvalue weighted by molar-refractivity contribution is 5.83. The van der Waals surface area contributed by atoms with Crippen LogP contribution in [0.3, 0.4) is 0 Å². The summed E-state index contributed by atoms with van der Waals surface area (Å²) in [5.74, 6) is -0.419. The van der Waals surface area contributed by atoms with Gasteiger partial charge in [0.2, 0.25) is 0 Å². The molecule has 12 heteroatoms. The van der Waals surface area contributed by atoms with E-state index in [0.29, 0.717) is 48.6 Å². The van der Waals surface area contributed by atoms with Crippen molar-refractivity contribution in [2.75, 3.05) is 33.9 Å². The molecule has 0 bridgehead atoms. The maximum absolute atomic E-state index is 13.7. The second-order valence-electron chi connectivity index (χ2n) is 10.8. The first-order valence-corrected chi connectivity index (χ1v) is 14.0. The molecule has 0 aliphatic carbocycles. The van der Waals surface area contributed by atoms with E-state index in [1.807, 2.05) is 36.4 Å². The molecule has 224 valence electrons. The van der Waals surface area contributed by atoms with Crippen LogP contribution in [0.4, 0.5) is 13.2 Å². The Labute approximate surface area is 246 Å². The fourth-order valence-electron chi connectivity index (χ4n) is 6.54. The van der Waals surface area contributed by atoms with Gasteiger partial charge in [-0.25, -0.2) is 0 Å². The number of methoxy groups -OCH3 is 2. The summed E-state index contributed by atoms with van der Waals surface area (Å²) in [6.45, 7) is 1.91. The van der Waals surface area contributed by atoms with Crippen molar-refractivity contribution in [3.63, 3.8) is 0 Å². The summed E-state index contributed by atoms with van der Waals surface area (Å²) in [5, 5.41) is 10.1. The molecular formula is C31H31F3N6O3. The SMILES string of the molecule is COc1ccc(-n2nnnc2C(F)(F)F)c(OC)c1CN1C[C@@H]2CC(=O)CN2[C@H](C(c2ccccc2)c2ccccc2)C1. The van der Waals surface area contributed by atoms with Crippen LogP contribution < -0.4 is 9.47 Å². The smallest absolute Gasteiger partial charge is 0.453 e. The largest absolute Gasteiger partial charge is 0.496 e. The lowest BCUT2D eigenvalue weighted by molar-refractivity contribution is -0.146. The van der Waals surface area contributed by atoms with Gasteiger partial charge in [0.1, 0.15) is 17.2 Å². The summed E-state index contributed by atoms with van der Waals surface area (Å²) in [7, 11) is 2.91. The summed E-state index contributed by atoms with van der Waals surface area (Å²) >= 11 is 0. The lowest BCUT2D eigenvalue weighted by Gasteiger charge is -2.46. The van der Waals surface area contributed by atoms with Gasteiger partial charge < -0.3 is 9.47 Å². The Morgan fingerprint density at radius 2 is 1.60 bits per heavy atom. The summed E-state index contributed by atoms with van der Waals surface area (Å²) in [5.41, 5.74) is 2.91. The molecule has 9 nitrogen and oxygen atoms in total. The third kappa shape index (κ3) is 5.59. The molecule has 0 amide bonds. The van der Waals surface area contributed by atoms with E-state index < -0.39 is 12.0 Å². The number of carbonyl (C=O) groups excluding carboxylic acids is 1. The highest BCUT2D eigenvalue weighted by Crippen LogP contribution is 2.41. The molecule has 2 aliphatic rings. The second-order valence-corrected chi connectivity index (χ2v) is 10.8. The fraction of sp³-hybridized carbons (Fsp3) is 0.355. The van der Waals surface area contributed by atoms with Crippen LogP contribution >= 0.6 is 0 Å². The van der Waals surface area contributed by atoms with E-state index in [1.54, 1.807) is 6.07 Å². The Morgan fingerprint density at radius 1 is 0.930 bits per heavy atom. The minimum Gasteiger partial charge on any atom is -0.496 e. The number of aromatic nitrogens is 4. The highest BCUT2D eigenvalue weighted by Gasteiger charge is 2.45. The molecule has 3 heterocycles. The number of hydrogen-bond acceptors (Lipinski definition) is 8. The first-order valence-electron chi connectivity index (χ1n) is 14.0. The van der Waals surface area contributed by atoms with Crippen molar-refractivity contribution in [1.82, 2.24) is 30.0 Å². The molecule has 0 unspecified atom stereocenters. The molecule has 0 N–H and O–H groups in total. The molecule has 0 spiro atoms. The van der Waals surface area contributed by atoms with E-state index in [4.69, 9.17) is 9.47 Å². The molecule has 2 atom stereocenters. The Kier molecular flexibility index (Phi) is 7.89. The van der Waals surface area contributed by atoms with Gasteiger partial charge in [-0.3, -0.25) is 14.6 Å². The number of tetrazole rings is 1. The molecule has 0 saturated carbocycles. The molecule has 2 saturated heterocycles. The number of halogens is 3. The van der Waals surface area contributed by atoms with Crippen LogP contribution in [-0.4, -0.2) is 81.7 Å². The minimum atomic E-state index is -4.77. The van der Waals surface area contributed by atoms with Crippen molar-refractivity contribution >= 4 is 5.78 Å². The maximum atomic E-state index is 13.7. The summed E-state index contributed by atoms with van der Waals surface area (Å²) < 4.78 is 53.1. The summed E-state index contributed by atoms with van der Waals surface area (Å²) in [4.78, 5) is 17.4. The number of benzene rings is 3. The monoisotopic (exact) mass is 592 g/mol. The van der Waals surface area contributed by atoms with E-state index in [1.165, 1.54) is 20.3 Å². The van der Waals surface area contributed by atoms with Gasteiger partial charge in [-0.15, -0.1) is 5.10 Å². The van der Waals surface area contributed by atoms with Crippen molar-refractivity contribution < 1.29 is 27.4 Å². The number of nitrogens with zero attached hydrogens (tertiary/aromatic N) is 6. The number of rotatable bonds is 8. The van der Waals surface area contributed by atoms with Crippen LogP contribution in [0.2, 0.25) is 0 Å². The van der Waals surface area contributed by atoms with Crippen LogP contribution in [0, 0.1) is 0 Å². The van der Waals surface area contributed by atoms with E-state index in [2.05, 4.69) is 49.6 Å². The van der Waals surface area contributed by atoms with Gasteiger partial charge in [0, 0.05) is 44.1 Å². The number of ketones is 1. The Balaban J connectivity index is 1.40. The molecule has 43 heavy (non-hydrogen) atoms.